The predicted octanol–water partition coefficient (Wildman–Crippen LogP) is 1.52. The number of benzene rings is 1. The van der Waals surface area contributed by atoms with E-state index in [0.29, 0.717) is 24.4 Å². The Hall–Kier alpha value is -2.44. The third-order valence-corrected chi connectivity index (χ3v) is 3.89. The minimum Gasteiger partial charge on any atom is -0.496 e. The molecular weight excluding hydrogens is 272 g/mol. The molecule has 0 saturated heterocycles. The Morgan fingerprint density at radius 1 is 1.48 bits per heavy atom. The van der Waals surface area contributed by atoms with E-state index in [1.165, 1.54) is 0 Å². The van der Waals surface area contributed by atoms with E-state index in [9.17, 15) is 9.90 Å². The molecule has 0 amide bonds. The maximum Gasteiger partial charge on any atom is 0.311 e. The summed E-state index contributed by atoms with van der Waals surface area (Å²) in [6.07, 6.45) is 1.32. The van der Waals surface area contributed by atoms with Crippen LogP contribution in [0, 0.1) is 12.3 Å². The molecule has 1 aromatic heterocycles. The van der Waals surface area contributed by atoms with Crippen molar-refractivity contribution in [1.29, 1.82) is 0 Å². The summed E-state index contributed by atoms with van der Waals surface area (Å²) in [6, 6.07) is 5.73. The molecule has 0 aliphatic heterocycles. The molecule has 1 saturated carbocycles. The molecule has 110 valence electrons. The van der Waals surface area contributed by atoms with Crippen LogP contribution in [0.1, 0.15) is 18.4 Å². The van der Waals surface area contributed by atoms with Gasteiger partial charge in [0.2, 0.25) is 0 Å². The van der Waals surface area contributed by atoms with Crippen LogP contribution in [0.15, 0.2) is 18.2 Å². The number of carboxylic acid groups (broad SMARTS) is 1. The van der Waals surface area contributed by atoms with Crippen LogP contribution in [-0.2, 0) is 11.3 Å². The fourth-order valence-electron chi connectivity index (χ4n) is 2.38. The van der Waals surface area contributed by atoms with E-state index in [4.69, 9.17) is 4.74 Å². The topological polar surface area (TPSA) is 90.1 Å². The van der Waals surface area contributed by atoms with Crippen LogP contribution >= 0.6 is 0 Å². The number of hydrogen-bond donors (Lipinski definition) is 1. The van der Waals surface area contributed by atoms with Crippen LogP contribution in [0.2, 0.25) is 0 Å². The monoisotopic (exact) mass is 288 g/mol. The van der Waals surface area contributed by atoms with Gasteiger partial charge < -0.3 is 9.84 Å². The van der Waals surface area contributed by atoms with Crippen molar-refractivity contribution < 1.29 is 14.6 Å². The molecule has 2 aromatic rings. The molecule has 21 heavy (non-hydrogen) atoms. The van der Waals surface area contributed by atoms with Crippen LogP contribution in [0.25, 0.3) is 11.4 Å². The first kappa shape index (κ1) is 13.5. The zero-order chi connectivity index (χ0) is 15.0. The Bertz CT molecular complexity index is 691. The van der Waals surface area contributed by atoms with Crippen LogP contribution < -0.4 is 4.74 Å². The summed E-state index contributed by atoms with van der Waals surface area (Å²) in [5.41, 5.74) is 1.10. The fraction of sp³-hybridized carbons (Fsp3) is 0.429. The average Bonchev–Trinajstić information content (AvgIpc) is 3.10. The van der Waals surface area contributed by atoms with Crippen molar-refractivity contribution in [2.45, 2.75) is 26.3 Å². The standard InChI is InChI=1S/C14H16N4O3/c1-9-3-4-11(21-2)10(7-9)12-15-16-17-18(12)8-14(5-6-14)13(19)20/h3-4,7H,5-6,8H2,1-2H3,(H,19,20). The third-order valence-electron chi connectivity index (χ3n) is 3.89. The van der Waals surface area contributed by atoms with Crippen molar-refractivity contribution in [3.8, 4) is 17.1 Å². The van der Waals surface area contributed by atoms with Crippen molar-refractivity contribution in [1.82, 2.24) is 20.2 Å². The lowest BCUT2D eigenvalue weighted by Crippen LogP contribution is -2.22. The fourth-order valence-corrected chi connectivity index (χ4v) is 2.38. The van der Waals surface area contributed by atoms with Gasteiger partial charge in [-0.2, -0.15) is 0 Å². The first-order valence-corrected chi connectivity index (χ1v) is 6.70. The van der Waals surface area contributed by atoms with Crippen molar-refractivity contribution in [3.05, 3.63) is 23.8 Å². The smallest absolute Gasteiger partial charge is 0.311 e. The summed E-state index contributed by atoms with van der Waals surface area (Å²) in [5, 5.41) is 21.0. The summed E-state index contributed by atoms with van der Waals surface area (Å²) < 4.78 is 6.90. The van der Waals surface area contributed by atoms with Crippen molar-refractivity contribution >= 4 is 5.97 Å². The SMILES string of the molecule is COc1ccc(C)cc1-c1nnnn1CC1(C(=O)O)CC1. The van der Waals surface area contributed by atoms with Gasteiger partial charge in [-0.1, -0.05) is 11.6 Å². The number of nitrogens with zero attached hydrogens (tertiary/aromatic N) is 4. The van der Waals surface area contributed by atoms with Gasteiger partial charge in [-0.3, -0.25) is 4.79 Å². The number of carbonyl (C=O) groups is 1. The molecule has 0 unspecified atom stereocenters. The predicted molar refractivity (Wildman–Crippen MR) is 73.8 cm³/mol. The van der Waals surface area contributed by atoms with Gasteiger partial charge in [0.25, 0.3) is 0 Å². The first-order valence-electron chi connectivity index (χ1n) is 6.70. The Morgan fingerprint density at radius 3 is 2.86 bits per heavy atom. The van der Waals surface area contributed by atoms with Crippen molar-refractivity contribution in [2.24, 2.45) is 5.41 Å². The molecule has 0 spiro atoms. The molecule has 7 heteroatoms. The zero-order valence-electron chi connectivity index (χ0n) is 11.9. The molecule has 1 heterocycles. The second-order valence-corrected chi connectivity index (χ2v) is 5.45. The second kappa shape index (κ2) is 4.83. The quantitative estimate of drug-likeness (QED) is 0.897. The summed E-state index contributed by atoms with van der Waals surface area (Å²) in [5.74, 6) is 0.403. The molecule has 1 aliphatic rings. The van der Waals surface area contributed by atoms with Crippen LogP contribution in [0.3, 0.4) is 0 Å². The molecule has 1 aliphatic carbocycles. The molecule has 0 bridgehead atoms. The van der Waals surface area contributed by atoms with Gasteiger partial charge in [0, 0.05) is 0 Å². The highest BCUT2D eigenvalue weighted by atomic mass is 16.5. The largest absolute Gasteiger partial charge is 0.496 e. The van der Waals surface area contributed by atoms with E-state index in [2.05, 4.69) is 15.5 Å². The number of hydrogen-bond acceptors (Lipinski definition) is 5. The van der Waals surface area contributed by atoms with Crippen molar-refractivity contribution in [2.75, 3.05) is 7.11 Å². The van der Waals surface area contributed by atoms with Gasteiger partial charge >= 0.3 is 5.97 Å². The summed E-state index contributed by atoms with van der Waals surface area (Å²) in [7, 11) is 1.59. The Labute approximate surface area is 121 Å². The van der Waals surface area contributed by atoms with Crippen LogP contribution in [0.4, 0.5) is 0 Å². The van der Waals surface area contributed by atoms with E-state index in [1.54, 1.807) is 11.8 Å². The van der Waals surface area contributed by atoms with Crippen LogP contribution in [-0.4, -0.2) is 38.4 Å². The highest BCUT2D eigenvalue weighted by molar-refractivity contribution is 5.77. The van der Waals surface area contributed by atoms with Gasteiger partial charge in [-0.05, 0) is 42.3 Å². The number of tetrazole rings is 1. The number of carboxylic acids is 1. The lowest BCUT2D eigenvalue weighted by atomic mass is 10.1. The summed E-state index contributed by atoms with van der Waals surface area (Å²) in [4.78, 5) is 11.3. The summed E-state index contributed by atoms with van der Waals surface area (Å²) in [6.45, 7) is 2.25. The molecule has 3 rings (SSSR count). The highest BCUT2D eigenvalue weighted by Crippen LogP contribution is 2.47. The lowest BCUT2D eigenvalue weighted by molar-refractivity contribution is -0.144. The van der Waals surface area contributed by atoms with E-state index >= 15 is 0 Å². The molecule has 1 aromatic carbocycles. The molecule has 1 fully saturated rings. The Balaban J connectivity index is 2.00. The number of ether oxygens (including phenoxy) is 1. The highest BCUT2D eigenvalue weighted by Gasteiger charge is 2.51. The molecule has 1 N–H and O–H groups in total. The zero-order valence-corrected chi connectivity index (χ0v) is 11.9. The normalized spacial score (nSPS) is 15.7. The maximum atomic E-state index is 11.3. The first-order chi connectivity index (χ1) is 10.1. The van der Waals surface area contributed by atoms with Gasteiger partial charge in [-0.15, -0.1) is 5.10 Å². The number of aromatic nitrogens is 4. The lowest BCUT2D eigenvalue weighted by Gasteiger charge is -2.12. The molecule has 0 radical (unpaired) electrons. The van der Waals surface area contributed by atoms with Crippen molar-refractivity contribution in [3.63, 3.8) is 0 Å². The average molecular weight is 288 g/mol. The van der Waals surface area contributed by atoms with Gasteiger partial charge in [0.1, 0.15) is 5.75 Å². The number of aliphatic carboxylic acids is 1. The number of aryl methyl sites for hydroxylation is 1. The summed E-state index contributed by atoms with van der Waals surface area (Å²) >= 11 is 0. The molecule has 0 atom stereocenters. The Kier molecular flexibility index (Phi) is 3.12. The van der Waals surface area contributed by atoms with Gasteiger partial charge in [0.15, 0.2) is 5.82 Å². The van der Waals surface area contributed by atoms with Crippen LogP contribution in [0.5, 0.6) is 5.75 Å². The third kappa shape index (κ3) is 2.35. The molecular formula is C14H16N4O3. The minimum absolute atomic E-state index is 0.280. The minimum atomic E-state index is -0.792. The number of methoxy groups -OCH3 is 1. The molecule has 7 nitrogen and oxygen atoms in total. The van der Waals surface area contributed by atoms with E-state index in [1.807, 2.05) is 25.1 Å². The van der Waals surface area contributed by atoms with E-state index < -0.39 is 11.4 Å². The Morgan fingerprint density at radius 2 is 2.24 bits per heavy atom. The van der Waals surface area contributed by atoms with E-state index in [-0.39, 0.29) is 6.54 Å². The maximum absolute atomic E-state index is 11.3. The van der Waals surface area contributed by atoms with Gasteiger partial charge in [-0.25, -0.2) is 4.68 Å². The van der Waals surface area contributed by atoms with Gasteiger partial charge in [0.05, 0.1) is 24.6 Å². The number of rotatable bonds is 5. The van der Waals surface area contributed by atoms with E-state index in [0.717, 1.165) is 11.1 Å². The second-order valence-electron chi connectivity index (χ2n) is 5.45.